The van der Waals surface area contributed by atoms with Crippen LogP contribution >= 0.6 is 0 Å². The standard InChI is InChI=1S/C12H20N4O2/c1-2-15(7-4-8-17)11(18)10-9-16-6-3-5-13-12(16)14-10/h9,17H,2-8H2,1H3,(H,13,14). The Hall–Kier alpha value is -1.56. The molecule has 1 amide bonds. The van der Waals surface area contributed by atoms with Gasteiger partial charge in [-0.3, -0.25) is 4.79 Å². The molecule has 0 bridgehead atoms. The number of hydrogen-bond acceptors (Lipinski definition) is 4. The van der Waals surface area contributed by atoms with E-state index in [0.29, 0.717) is 25.2 Å². The van der Waals surface area contributed by atoms with Crippen molar-refractivity contribution in [3.05, 3.63) is 11.9 Å². The molecule has 2 N–H and O–H groups in total. The van der Waals surface area contributed by atoms with Gasteiger partial charge in [-0.05, 0) is 19.8 Å². The van der Waals surface area contributed by atoms with Crippen LogP contribution in [-0.2, 0) is 6.54 Å². The predicted molar refractivity (Wildman–Crippen MR) is 68.6 cm³/mol. The van der Waals surface area contributed by atoms with Crippen LogP contribution < -0.4 is 5.32 Å². The molecule has 0 saturated carbocycles. The van der Waals surface area contributed by atoms with E-state index in [0.717, 1.165) is 25.5 Å². The molecule has 1 aliphatic heterocycles. The maximum atomic E-state index is 12.2. The van der Waals surface area contributed by atoms with Crippen molar-refractivity contribution in [2.45, 2.75) is 26.3 Å². The third kappa shape index (κ3) is 2.64. The molecule has 0 unspecified atom stereocenters. The normalized spacial score (nSPS) is 13.9. The maximum absolute atomic E-state index is 12.2. The summed E-state index contributed by atoms with van der Waals surface area (Å²) in [7, 11) is 0. The Labute approximate surface area is 107 Å². The average molecular weight is 252 g/mol. The van der Waals surface area contributed by atoms with Crippen LogP contribution in [0.4, 0.5) is 5.95 Å². The Morgan fingerprint density at radius 2 is 2.50 bits per heavy atom. The predicted octanol–water partition coefficient (Wildman–Crippen LogP) is 0.543. The van der Waals surface area contributed by atoms with Crippen LogP contribution in [0.1, 0.15) is 30.3 Å². The second kappa shape index (κ2) is 5.86. The number of aromatic nitrogens is 2. The molecule has 0 saturated heterocycles. The van der Waals surface area contributed by atoms with E-state index in [1.807, 2.05) is 17.7 Å². The molecular formula is C12H20N4O2. The van der Waals surface area contributed by atoms with Crippen LogP contribution in [0.5, 0.6) is 0 Å². The van der Waals surface area contributed by atoms with E-state index >= 15 is 0 Å². The molecule has 1 aromatic rings. The summed E-state index contributed by atoms with van der Waals surface area (Å²) in [5.74, 6) is 0.720. The van der Waals surface area contributed by atoms with Gasteiger partial charge < -0.3 is 19.9 Å². The van der Waals surface area contributed by atoms with Gasteiger partial charge in [0.05, 0.1) is 0 Å². The van der Waals surface area contributed by atoms with E-state index in [1.54, 1.807) is 4.90 Å². The first kappa shape index (κ1) is 12.9. The van der Waals surface area contributed by atoms with E-state index in [9.17, 15) is 4.79 Å². The minimum absolute atomic E-state index is 0.0605. The number of aliphatic hydroxyl groups is 1. The molecule has 18 heavy (non-hydrogen) atoms. The molecule has 0 aliphatic carbocycles. The van der Waals surface area contributed by atoms with E-state index in [-0.39, 0.29) is 12.5 Å². The third-order valence-electron chi connectivity index (χ3n) is 3.11. The van der Waals surface area contributed by atoms with Gasteiger partial charge in [0.1, 0.15) is 5.69 Å². The number of nitrogens with one attached hydrogen (secondary N) is 1. The number of hydrogen-bond donors (Lipinski definition) is 2. The van der Waals surface area contributed by atoms with Gasteiger partial charge in [-0.2, -0.15) is 0 Å². The Balaban J connectivity index is 2.09. The molecule has 0 atom stereocenters. The summed E-state index contributed by atoms with van der Waals surface area (Å²) >= 11 is 0. The van der Waals surface area contributed by atoms with Crippen molar-refractivity contribution in [2.75, 3.05) is 31.6 Å². The van der Waals surface area contributed by atoms with Gasteiger partial charge in [0.15, 0.2) is 0 Å². The van der Waals surface area contributed by atoms with E-state index in [1.165, 1.54) is 0 Å². The number of imidazole rings is 1. The molecule has 6 heteroatoms. The zero-order valence-electron chi connectivity index (χ0n) is 10.7. The lowest BCUT2D eigenvalue weighted by Gasteiger charge is -2.18. The quantitative estimate of drug-likeness (QED) is 0.802. The molecule has 2 rings (SSSR count). The molecule has 1 aliphatic rings. The highest BCUT2D eigenvalue weighted by atomic mass is 16.3. The van der Waals surface area contributed by atoms with Gasteiger partial charge in [-0.1, -0.05) is 0 Å². The topological polar surface area (TPSA) is 70.4 Å². The van der Waals surface area contributed by atoms with Crippen molar-refractivity contribution in [3.63, 3.8) is 0 Å². The first-order chi connectivity index (χ1) is 8.76. The van der Waals surface area contributed by atoms with Crippen LogP contribution in [0, 0.1) is 0 Å². The Morgan fingerprint density at radius 3 is 3.17 bits per heavy atom. The summed E-state index contributed by atoms with van der Waals surface area (Å²) in [5, 5.41) is 12.0. The fraction of sp³-hybridized carbons (Fsp3) is 0.667. The maximum Gasteiger partial charge on any atom is 0.274 e. The number of aryl methyl sites for hydroxylation is 1. The zero-order chi connectivity index (χ0) is 13.0. The Morgan fingerprint density at radius 1 is 1.67 bits per heavy atom. The molecule has 6 nitrogen and oxygen atoms in total. The summed E-state index contributed by atoms with van der Waals surface area (Å²) in [6, 6.07) is 0. The number of fused-ring (bicyclic) bond motifs is 1. The van der Waals surface area contributed by atoms with Gasteiger partial charge in [0.2, 0.25) is 5.95 Å². The monoisotopic (exact) mass is 252 g/mol. The van der Waals surface area contributed by atoms with Crippen molar-refractivity contribution >= 4 is 11.9 Å². The minimum atomic E-state index is -0.0605. The number of nitrogens with zero attached hydrogens (tertiary/aromatic N) is 3. The van der Waals surface area contributed by atoms with E-state index in [4.69, 9.17) is 5.11 Å². The summed E-state index contributed by atoms with van der Waals surface area (Å²) in [5.41, 5.74) is 0.485. The lowest BCUT2D eigenvalue weighted by Crippen LogP contribution is -2.32. The van der Waals surface area contributed by atoms with Crippen molar-refractivity contribution in [2.24, 2.45) is 0 Å². The second-order valence-corrected chi connectivity index (χ2v) is 4.39. The molecule has 2 heterocycles. The van der Waals surface area contributed by atoms with Gasteiger partial charge in [-0.25, -0.2) is 4.98 Å². The molecule has 0 radical (unpaired) electrons. The number of aliphatic hydroxyl groups excluding tert-OH is 1. The van der Waals surface area contributed by atoms with Crippen molar-refractivity contribution in [3.8, 4) is 0 Å². The SMILES string of the molecule is CCN(CCCO)C(=O)c1cn2c(n1)NCCC2. The summed E-state index contributed by atoms with van der Waals surface area (Å²) in [6.07, 6.45) is 3.47. The lowest BCUT2D eigenvalue weighted by atomic mass is 10.3. The lowest BCUT2D eigenvalue weighted by molar-refractivity contribution is 0.0749. The number of amides is 1. The number of rotatable bonds is 5. The molecule has 0 spiro atoms. The van der Waals surface area contributed by atoms with Crippen LogP contribution in [0.2, 0.25) is 0 Å². The van der Waals surface area contributed by atoms with Crippen molar-refractivity contribution in [1.82, 2.24) is 14.5 Å². The van der Waals surface area contributed by atoms with Gasteiger partial charge in [0.25, 0.3) is 5.91 Å². The zero-order valence-corrected chi connectivity index (χ0v) is 10.7. The number of carbonyl (C=O) groups excluding carboxylic acids is 1. The largest absolute Gasteiger partial charge is 0.396 e. The van der Waals surface area contributed by atoms with Gasteiger partial charge in [-0.15, -0.1) is 0 Å². The van der Waals surface area contributed by atoms with Crippen LogP contribution in [0.25, 0.3) is 0 Å². The highest BCUT2D eigenvalue weighted by molar-refractivity contribution is 5.92. The minimum Gasteiger partial charge on any atom is -0.396 e. The van der Waals surface area contributed by atoms with Crippen molar-refractivity contribution < 1.29 is 9.90 Å². The van der Waals surface area contributed by atoms with Crippen LogP contribution in [0.3, 0.4) is 0 Å². The van der Waals surface area contributed by atoms with Crippen LogP contribution in [-0.4, -0.2) is 51.7 Å². The summed E-state index contributed by atoms with van der Waals surface area (Å²) in [6.45, 7) is 5.06. The highest BCUT2D eigenvalue weighted by Crippen LogP contribution is 2.15. The molecule has 100 valence electrons. The molecule has 0 aromatic carbocycles. The van der Waals surface area contributed by atoms with E-state index < -0.39 is 0 Å². The van der Waals surface area contributed by atoms with Gasteiger partial charge >= 0.3 is 0 Å². The van der Waals surface area contributed by atoms with E-state index in [2.05, 4.69) is 10.3 Å². The fourth-order valence-electron chi connectivity index (χ4n) is 2.11. The Kier molecular flexibility index (Phi) is 4.19. The first-order valence-electron chi connectivity index (χ1n) is 6.47. The van der Waals surface area contributed by atoms with Crippen molar-refractivity contribution in [1.29, 1.82) is 0 Å². The molecule has 1 aromatic heterocycles. The molecular weight excluding hydrogens is 232 g/mol. The second-order valence-electron chi connectivity index (χ2n) is 4.39. The smallest absolute Gasteiger partial charge is 0.274 e. The number of anilines is 1. The highest BCUT2D eigenvalue weighted by Gasteiger charge is 2.20. The first-order valence-corrected chi connectivity index (χ1v) is 6.47. The third-order valence-corrected chi connectivity index (χ3v) is 3.11. The molecule has 0 fully saturated rings. The fourth-order valence-corrected chi connectivity index (χ4v) is 2.11. The Bertz CT molecular complexity index is 393. The van der Waals surface area contributed by atoms with Crippen LogP contribution in [0.15, 0.2) is 6.20 Å². The number of carbonyl (C=O) groups is 1. The summed E-state index contributed by atoms with van der Waals surface area (Å²) < 4.78 is 1.98. The van der Waals surface area contributed by atoms with Gasteiger partial charge in [0, 0.05) is 39.0 Å². The summed E-state index contributed by atoms with van der Waals surface area (Å²) in [4.78, 5) is 18.3. The average Bonchev–Trinajstić information content (AvgIpc) is 2.83.